The Labute approximate surface area is 61.8 Å². The predicted molar refractivity (Wildman–Crippen MR) is 43.7 cm³/mol. The minimum Gasteiger partial charge on any atom is -0.390 e. The summed E-state index contributed by atoms with van der Waals surface area (Å²) in [5.41, 5.74) is 6.07. The molecule has 0 bridgehead atoms. The van der Waals surface area contributed by atoms with Gasteiger partial charge in [0.1, 0.15) is 0 Å². The van der Waals surface area contributed by atoms with E-state index >= 15 is 0 Å². The van der Waals surface area contributed by atoms with E-state index in [9.17, 15) is 0 Å². The Morgan fingerprint density at radius 2 is 2.30 bits per heavy atom. The summed E-state index contributed by atoms with van der Waals surface area (Å²) >= 11 is 0. The second-order valence-corrected chi connectivity index (χ2v) is 3.04. The molecule has 10 heavy (non-hydrogen) atoms. The molecule has 56 valence electrons. The Kier molecular flexibility index (Phi) is 2.10. The number of nitrogens with two attached hydrogens (primary N) is 1. The second-order valence-electron chi connectivity index (χ2n) is 3.04. The lowest BCUT2D eigenvalue weighted by Crippen LogP contribution is -2.21. The lowest BCUT2D eigenvalue weighted by Gasteiger charge is -2.32. The lowest BCUT2D eigenvalue weighted by atomic mass is 9.75. The molecule has 0 saturated heterocycles. The van der Waals surface area contributed by atoms with E-state index in [-0.39, 0.29) is 0 Å². The van der Waals surface area contributed by atoms with Crippen LogP contribution in [0, 0.1) is 11.8 Å². The maximum atomic E-state index is 5.13. The average Bonchev–Trinajstić information content (AvgIpc) is 1.82. The van der Waals surface area contributed by atoms with Crippen LogP contribution in [0.2, 0.25) is 0 Å². The quantitative estimate of drug-likeness (QED) is 0.456. The molecule has 0 aromatic rings. The van der Waals surface area contributed by atoms with Gasteiger partial charge in [-0.15, -0.1) is 0 Å². The third-order valence-corrected chi connectivity index (χ3v) is 2.09. The number of allylic oxidation sites excluding steroid dienone is 1. The zero-order chi connectivity index (χ0) is 7.56. The molecule has 2 heteroatoms. The summed E-state index contributed by atoms with van der Waals surface area (Å²) in [6.07, 6.45) is 3.79. The van der Waals surface area contributed by atoms with E-state index in [0.29, 0.717) is 5.92 Å². The fourth-order valence-electron chi connectivity index (χ4n) is 1.38. The summed E-state index contributed by atoms with van der Waals surface area (Å²) in [6, 6.07) is 0. The Bertz CT molecular complexity index is 155. The van der Waals surface area contributed by atoms with E-state index in [1.807, 2.05) is 0 Å². The van der Waals surface area contributed by atoms with E-state index in [2.05, 4.69) is 18.5 Å². The molecule has 0 aromatic carbocycles. The largest absolute Gasteiger partial charge is 0.390 e. The van der Waals surface area contributed by atoms with Crippen LogP contribution in [0.15, 0.2) is 17.3 Å². The Balaban J connectivity index is 2.31. The van der Waals surface area contributed by atoms with Crippen molar-refractivity contribution in [2.24, 2.45) is 22.6 Å². The van der Waals surface area contributed by atoms with Crippen LogP contribution in [0.25, 0.3) is 0 Å². The van der Waals surface area contributed by atoms with Crippen molar-refractivity contribution in [3.05, 3.63) is 12.3 Å². The van der Waals surface area contributed by atoms with Crippen LogP contribution in [-0.2, 0) is 0 Å². The van der Waals surface area contributed by atoms with Crippen molar-refractivity contribution >= 4 is 6.34 Å². The molecule has 1 aliphatic carbocycles. The van der Waals surface area contributed by atoms with E-state index in [1.54, 1.807) is 0 Å². The van der Waals surface area contributed by atoms with Gasteiger partial charge in [0.25, 0.3) is 0 Å². The van der Waals surface area contributed by atoms with Crippen molar-refractivity contribution in [2.45, 2.75) is 19.8 Å². The molecule has 0 atom stereocenters. The maximum absolute atomic E-state index is 5.13. The molecule has 1 aliphatic rings. The molecule has 1 saturated carbocycles. The van der Waals surface area contributed by atoms with Crippen LogP contribution < -0.4 is 5.73 Å². The Morgan fingerprint density at radius 3 is 2.70 bits per heavy atom. The highest BCUT2D eigenvalue weighted by atomic mass is 14.8. The van der Waals surface area contributed by atoms with Gasteiger partial charge in [-0.1, -0.05) is 13.5 Å². The normalized spacial score (nSPS) is 32.1. The summed E-state index contributed by atoms with van der Waals surface area (Å²) in [4.78, 5) is 3.94. The monoisotopic (exact) mass is 138 g/mol. The Hall–Kier alpha value is -0.790. The van der Waals surface area contributed by atoms with Crippen molar-refractivity contribution in [3.63, 3.8) is 0 Å². The average molecular weight is 138 g/mol. The van der Waals surface area contributed by atoms with Crippen molar-refractivity contribution in [2.75, 3.05) is 0 Å². The van der Waals surface area contributed by atoms with Crippen LogP contribution >= 0.6 is 0 Å². The third kappa shape index (κ3) is 1.38. The first-order chi connectivity index (χ1) is 4.74. The molecule has 2 nitrogen and oxygen atoms in total. The Morgan fingerprint density at radius 1 is 1.70 bits per heavy atom. The third-order valence-electron chi connectivity index (χ3n) is 2.09. The van der Waals surface area contributed by atoms with Gasteiger partial charge in [-0.3, -0.25) is 0 Å². The van der Waals surface area contributed by atoms with Crippen LogP contribution in [0.4, 0.5) is 0 Å². The first-order valence-electron chi connectivity index (χ1n) is 3.67. The van der Waals surface area contributed by atoms with Gasteiger partial charge in [-0.05, 0) is 18.8 Å². The summed E-state index contributed by atoms with van der Waals surface area (Å²) in [7, 11) is 0. The first kappa shape index (κ1) is 7.32. The van der Waals surface area contributed by atoms with Gasteiger partial charge in [0.15, 0.2) is 0 Å². The summed E-state index contributed by atoms with van der Waals surface area (Å²) in [6.45, 7) is 6.07. The highest BCUT2D eigenvalue weighted by Gasteiger charge is 2.26. The maximum Gasteiger partial charge on any atom is 0.0856 e. The molecule has 0 heterocycles. The van der Waals surface area contributed by atoms with Crippen LogP contribution in [0.1, 0.15) is 19.8 Å². The van der Waals surface area contributed by atoms with E-state index in [1.165, 1.54) is 19.2 Å². The van der Waals surface area contributed by atoms with E-state index in [0.717, 1.165) is 11.6 Å². The summed E-state index contributed by atoms with van der Waals surface area (Å²) in [5, 5.41) is 0. The van der Waals surface area contributed by atoms with Crippen LogP contribution in [-0.4, -0.2) is 6.34 Å². The van der Waals surface area contributed by atoms with Gasteiger partial charge in [-0.25, -0.2) is 4.99 Å². The molecule has 0 amide bonds. The number of rotatable bonds is 2. The van der Waals surface area contributed by atoms with Gasteiger partial charge < -0.3 is 5.73 Å². The van der Waals surface area contributed by atoms with Crippen LogP contribution in [0.5, 0.6) is 0 Å². The van der Waals surface area contributed by atoms with Gasteiger partial charge in [-0.2, -0.15) is 0 Å². The molecule has 0 unspecified atom stereocenters. The van der Waals surface area contributed by atoms with Gasteiger partial charge >= 0.3 is 0 Å². The smallest absolute Gasteiger partial charge is 0.0856 e. The number of aliphatic imine (C=N–C) groups is 1. The minimum atomic E-state index is 0.606. The zero-order valence-corrected chi connectivity index (χ0v) is 6.38. The SMILES string of the molecule is C=C(N=CN)C1CC(C)C1. The number of hydrogen-bond donors (Lipinski definition) is 1. The van der Waals surface area contributed by atoms with Crippen molar-refractivity contribution in [1.29, 1.82) is 0 Å². The predicted octanol–water partition coefficient (Wildman–Crippen LogP) is 1.53. The molecule has 0 spiro atoms. The van der Waals surface area contributed by atoms with Crippen molar-refractivity contribution in [3.8, 4) is 0 Å². The van der Waals surface area contributed by atoms with Crippen molar-refractivity contribution < 1.29 is 0 Å². The molecule has 1 rings (SSSR count). The molecule has 0 aliphatic heterocycles. The first-order valence-corrected chi connectivity index (χ1v) is 3.67. The molecular formula is C8H14N2. The van der Waals surface area contributed by atoms with Gasteiger partial charge in [0, 0.05) is 11.6 Å². The van der Waals surface area contributed by atoms with Gasteiger partial charge in [0.2, 0.25) is 0 Å². The zero-order valence-electron chi connectivity index (χ0n) is 6.38. The van der Waals surface area contributed by atoms with Crippen molar-refractivity contribution in [1.82, 2.24) is 0 Å². The molecular weight excluding hydrogens is 124 g/mol. The molecule has 0 radical (unpaired) electrons. The van der Waals surface area contributed by atoms with Crippen LogP contribution in [0.3, 0.4) is 0 Å². The number of nitrogens with zero attached hydrogens (tertiary/aromatic N) is 1. The topological polar surface area (TPSA) is 38.4 Å². The fourth-order valence-corrected chi connectivity index (χ4v) is 1.38. The molecule has 1 fully saturated rings. The van der Waals surface area contributed by atoms with Gasteiger partial charge in [0.05, 0.1) is 6.34 Å². The summed E-state index contributed by atoms with van der Waals surface area (Å²) < 4.78 is 0. The van der Waals surface area contributed by atoms with E-state index < -0.39 is 0 Å². The summed E-state index contributed by atoms with van der Waals surface area (Å²) in [5.74, 6) is 1.46. The van der Waals surface area contributed by atoms with E-state index in [4.69, 9.17) is 5.73 Å². The minimum absolute atomic E-state index is 0.606. The lowest BCUT2D eigenvalue weighted by molar-refractivity contribution is 0.249. The number of hydrogen-bond acceptors (Lipinski definition) is 1. The standard InChI is InChI=1S/C8H14N2/c1-6-3-8(4-6)7(2)10-5-9/h5-6,8H,2-4H2,1H3,(H2,9,10). The highest BCUT2D eigenvalue weighted by Crippen LogP contribution is 2.37. The fraction of sp³-hybridized carbons (Fsp3) is 0.625. The highest BCUT2D eigenvalue weighted by molar-refractivity contribution is 5.53. The molecule has 0 aromatic heterocycles. The molecule has 2 N–H and O–H groups in total. The second kappa shape index (κ2) is 2.86.